The van der Waals surface area contributed by atoms with E-state index in [2.05, 4.69) is 11.7 Å². The maximum atomic E-state index is 5.89. The van der Waals surface area contributed by atoms with Crippen LogP contribution in [0.1, 0.15) is 0 Å². The van der Waals surface area contributed by atoms with Crippen molar-refractivity contribution in [1.82, 2.24) is 0 Å². The van der Waals surface area contributed by atoms with Gasteiger partial charge in [0.05, 0.1) is 5.69 Å². The fraction of sp³-hybridized carbons (Fsp3) is 0. The number of rotatable bonds is 4. The molecule has 0 spiro atoms. The van der Waals surface area contributed by atoms with Crippen molar-refractivity contribution in [1.29, 1.82) is 0 Å². The molecule has 2 aromatic rings. The van der Waals surface area contributed by atoms with Gasteiger partial charge in [-0.05, 0) is 31.0 Å². The lowest BCUT2D eigenvalue weighted by molar-refractivity contribution is 1.40. The Balaban J connectivity index is 2.13. The first-order valence-corrected chi connectivity index (χ1v) is 7.21. The number of nitrogens with zero attached hydrogens (tertiary/aromatic N) is 1. The second kappa shape index (κ2) is 5.80. The van der Waals surface area contributed by atoms with Gasteiger partial charge in [0.2, 0.25) is 0 Å². The van der Waals surface area contributed by atoms with Crippen molar-refractivity contribution >= 4 is 39.7 Å². The average Bonchev–Trinajstić information content (AvgIpc) is 2.38. The molecule has 0 aliphatic heterocycles. The van der Waals surface area contributed by atoms with E-state index in [-0.39, 0.29) is 0 Å². The molecule has 0 saturated carbocycles. The minimum atomic E-state index is 0.800. The van der Waals surface area contributed by atoms with Crippen LogP contribution in [0.25, 0.3) is 0 Å². The predicted molar refractivity (Wildman–Crippen MR) is 78.2 cm³/mol. The number of benzene rings is 2. The molecule has 0 saturated heterocycles. The van der Waals surface area contributed by atoms with Crippen LogP contribution in [0, 0.1) is 0 Å². The summed E-state index contributed by atoms with van der Waals surface area (Å²) in [5.74, 6) is 0. The van der Waals surface area contributed by atoms with Crippen molar-refractivity contribution in [3.8, 4) is 0 Å². The van der Waals surface area contributed by atoms with Crippen molar-refractivity contribution in [2.24, 2.45) is 4.99 Å². The van der Waals surface area contributed by atoms with Gasteiger partial charge in [0.1, 0.15) is 0 Å². The molecule has 2 N–H and O–H groups in total. The van der Waals surface area contributed by atoms with E-state index < -0.39 is 0 Å². The van der Waals surface area contributed by atoms with Gasteiger partial charge in [0.25, 0.3) is 0 Å². The van der Waals surface area contributed by atoms with E-state index in [9.17, 15) is 0 Å². The quantitative estimate of drug-likeness (QED) is 0.503. The molecule has 86 valence electrons. The lowest BCUT2D eigenvalue weighted by Gasteiger charge is -2.05. The Morgan fingerprint density at radius 1 is 0.882 bits per heavy atom. The van der Waals surface area contributed by atoms with Crippen LogP contribution in [0.2, 0.25) is 0 Å². The highest BCUT2D eigenvalue weighted by Gasteiger charge is 2.03. The molecule has 0 unspecified atom stereocenters. The van der Waals surface area contributed by atoms with Crippen molar-refractivity contribution in [2.45, 2.75) is 9.79 Å². The molecule has 0 aromatic heterocycles. The van der Waals surface area contributed by atoms with Gasteiger partial charge in [-0.3, -0.25) is 4.99 Å². The minimum Gasteiger partial charge on any atom is -0.398 e. The molecule has 0 aliphatic carbocycles. The first-order valence-electron chi connectivity index (χ1n) is 5.06. The highest BCUT2D eigenvalue weighted by molar-refractivity contribution is 8.76. The van der Waals surface area contributed by atoms with Crippen molar-refractivity contribution in [3.05, 3.63) is 48.5 Å². The highest BCUT2D eigenvalue weighted by Crippen LogP contribution is 2.43. The van der Waals surface area contributed by atoms with Gasteiger partial charge in [-0.25, -0.2) is 0 Å². The maximum Gasteiger partial charge on any atom is 0.0766 e. The maximum absolute atomic E-state index is 5.89. The van der Waals surface area contributed by atoms with E-state index in [0.717, 1.165) is 21.2 Å². The van der Waals surface area contributed by atoms with Gasteiger partial charge in [0.15, 0.2) is 0 Å². The topological polar surface area (TPSA) is 38.4 Å². The second-order valence-electron chi connectivity index (χ2n) is 3.33. The normalized spacial score (nSPS) is 10.1. The number of para-hydroxylation sites is 2. The van der Waals surface area contributed by atoms with Crippen LogP contribution in [0.4, 0.5) is 11.4 Å². The first kappa shape index (κ1) is 12.1. The molecule has 0 amide bonds. The Hall–Kier alpha value is -1.39. The highest BCUT2D eigenvalue weighted by atomic mass is 33.1. The van der Waals surface area contributed by atoms with Gasteiger partial charge in [-0.1, -0.05) is 45.9 Å². The smallest absolute Gasteiger partial charge is 0.0766 e. The molecule has 0 bridgehead atoms. The minimum absolute atomic E-state index is 0.800. The Labute approximate surface area is 109 Å². The number of hydrogen-bond acceptors (Lipinski definition) is 4. The summed E-state index contributed by atoms with van der Waals surface area (Å²) in [5, 5.41) is 0. The lowest BCUT2D eigenvalue weighted by atomic mass is 10.3. The summed E-state index contributed by atoms with van der Waals surface area (Å²) in [4.78, 5) is 6.15. The molecular formula is C13H12N2S2. The summed E-state index contributed by atoms with van der Waals surface area (Å²) in [5.41, 5.74) is 7.59. The molecule has 0 aliphatic rings. The van der Waals surface area contributed by atoms with E-state index in [1.807, 2.05) is 48.5 Å². The van der Waals surface area contributed by atoms with E-state index in [1.165, 1.54) is 0 Å². The van der Waals surface area contributed by atoms with Crippen LogP contribution < -0.4 is 5.73 Å². The number of nitrogen functional groups attached to an aromatic ring is 1. The van der Waals surface area contributed by atoms with Crippen LogP contribution in [-0.4, -0.2) is 6.72 Å². The molecule has 17 heavy (non-hydrogen) atoms. The van der Waals surface area contributed by atoms with Gasteiger partial charge < -0.3 is 5.73 Å². The summed E-state index contributed by atoms with van der Waals surface area (Å²) >= 11 is 0. The summed E-state index contributed by atoms with van der Waals surface area (Å²) in [6.07, 6.45) is 0. The van der Waals surface area contributed by atoms with Crippen molar-refractivity contribution < 1.29 is 0 Å². The first-order chi connectivity index (χ1) is 8.31. The third-order valence-corrected chi connectivity index (χ3v) is 4.66. The zero-order valence-electron chi connectivity index (χ0n) is 9.17. The summed E-state index contributed by atoms with van der Waals surface area (Å²) in [7, 11) is 3.28. The van der Waals surface area contributed by atoms with Gasteiger partial charge >= 0.3 is 0 Å². The van der Waals surface area contributed by atoms with Crippen LogP contribution in [-0.2, 0) is 0 Å². The van der Waals surface area contributed by atoms with Crippen molar-refractivity contribution in [2.75, 3.05) is 5.73 Å². The number of hydrogen-bond donors (Lipinski definition) is 1. The summed E-state index contributed by atoms with van der Waals surface area (Å²) in [6.45, 7) is 3.57. The molecule has 0 fully saturated rings. The average molecular weight is 260 g/mol. The van der Waals surface area contributed by atoms with Crippen LogP contribution in [0.3, 0.4) is 0 Å². The van der Waals surface area contributed by atoms with Gasteiger partial charge in [-0.15, -0.1) is 0 Å². The van der Waals surface area contributed by atoms with E-state index in [0.29, 0.717) is 0 Å². The molecule has 4 heteroatoms. The Morgan fingerprint density at radius 2 is 1.47 bits per heavy atom. The Kier molecular flexibility index (Phi) is 4.12. The van der Waals surface area contributed by atoms with Gasteiger partial charge in [-0.2, -0.15) is 0 Å². The SMILES string of the molecule is C=Nc1ccccc1SSc1ccccc1N. The van der Waals surface area contributed by atoms with Crippen LogP contribution in [0.15, 0.2) is 63.3 Å². The summed E-state index contributed by atoms with van der Waals surface area (Å²) < 4.78 is 0. The lowest BCUT2D eigenvalue weighted by Crippen LogP contribution is -1.85. The largest absolute Gasteiger partial charge is 0.398 e. The van der Waals surface area contributed by atoms with E-state index >= 15 is 0 Å². The summed E-state index contributed by atoms with van der Waals surface area (Å²) in [6, 6.07) is 15.8. The molecule has 2 aromatic carbocycles. The zero-order chi connectivity index (χ0) is 12.1. The number of anilines is 1. The predicted octanol–water partition coefficient (Wildman–Crippen LogP) is 4.40. The third-order valence-electron chi connectivity index (χ3n) is 2.18. The number of nitrogens with two attached hydrogens (primary N) is 1. The molecule has 2 rings (SSSR count). The van der Waals surface area contributed by atoms with Crippen LogP contribution >= 0.6 is 21.6 Å². The fourth-order valence-corrected chi connectivity index (χ4v) is 3.55. The standard InChI is InChI=1S/C13H12N2S2/c1-15-11-7-3-5-9-13(11)17-16-12-8-4-2-6-10(12)14/h2-9H,1,14H2. The van der Waals surface area contributed by atoms with Crippen molar-refractivity contribution in [3.63, 3.8) is 0 Å². The molecule has 0 atom stereocenters. The molecular weight excluding hydrogens is 248 g/mol. The monoisotopic (exact) mass is 260 g/mol. The fourth-order valence-electron chi connectivity index (χ4n) is 1.30. The van der Waals surface area contributed by atoms with Crippen LogP contribution in [0.5, 0.6) is 0 Å². The third kappa shape index (κ3) is 3.05. The Bertz CT molecular complexity index is 526. The Morgan fingerprint density at radius 3 is 2.18 bits per heavy atom. The molecule has 2 nitrogen and oxygen atoms in total. The zero-order valence-corrected chi connectivity index (χ0v) is 10.8. The number of aliphatic imine (C=N–C) groups is 1. The van der Waals surface area contributed by atoms with E-state index in [4.69, 9.17) is 5.73 Å². The molecule has 0 radical (unpaired) electrons. The van der Waals surface area contributed by atoms with E-state index in [1.54, 1.807) is 21.6 Å². The second-order valence-corrected chi connectivity index (χ2v) is 5.54. The van der Waals surface area contributed by atoms with Gasteiger partial charge in [0, 0.05) is 15.5 Å². The molecule has 0 heterocycles.